The molecule has 0 aliphatic rings. The third-order valence-corrected chi connectivity index (χ3v) is 2.50. The molecule has 0 aliphatic heterocycles. The van der Waals surface area contributed by atoms with Gasteiger partial charge in [-0.2, -0.15) is 0 Å². The van der Waals surface area contributed by atoms with Crippen molar-refractivity contribution in [2.24, 2.45) is 0 Å². The first kappa shape index (κ1) is 13.4. The number of anilines is 1. The average molecular weight is 238 g/mol. The highest BCUT2D eigenvalue weighted by atomic mass is 16.4. The van der Waals surface area contributed by atoms with Gasteiger partial charge in [0.05, 0.1) is 12.2 Å². The lowest BCUT2D eigenvalue weighted by Crippen LogP contribution is -2.23. The standard InChI is InChI=1S/C12H18N2O3/c1-8(2)10-6-9(12(16)17)7-11(13-10)14(3)4-5-15/h6-8,15H,4-5H2,1-3H3,(H,16,17). The van der Waals surface area contributed by atoms with E-state index in [1.54, 1.807) is 18.0 Å². The lowest BCUT2D eigenvalue weighted by Gasteiger charge is -2.19. The van der Waals surface area contributed by atoms with E-state index in [9.17, 15) is 4.79 Å². The van der Waals surface area contributed by atoms with Gasteiger partial charge in [0.2, 0.25) is 0 Å². The molecular formula is C12H18N2O3. The Labute approximate surface area is 101 Å². The van der Waals surface area contributed by atoms with E-state index >= 15 is 0 Å². The summed E-state index contributed by atoms with van der Waals surface area (Å²) in [6, 6.07) is 3.10. The van der Waals surface area contributed by atoms with Crippen molar-refractivity contribution < 1.29 is 15.0 Å². The van der Waals surface area contributed by atoms with Crippen LogP contribution in [0.1, 0.15) is 35.8 Å². The SMILES string of the molecule is CC(C)c1cc(C(=O)O)cc(N(C)CCO)n1. The number of aromatic carboxylic acids is 1. The molecule has 0 radical (unpaired) electrons. The smallest absolute Gasteiger partial charge is 0.335 e. The normalized spacial score (nSPS) is 10.6. The molecule has 1 aromatic heterocycles. The summed E-state index contributed by atoms with van der Waals surface area (Å²) >= 11 is 0. The van der Waals surface area contributed by atoms with Gasteiger partial charge in [-0.3, -0.25) is 0 Å². The van der Waals surface area contributed by atoms with Crippen molar-refractivity contribution in [3.63, 3.8) is 0 Å². The van der Waals surface area contributed by atoms with Crippen molar-refractivity contribution in [3.05, 3.63) is 23.4 Å². The summed E-state index contributed by atoms with van der Waals surface area (Å²) in [5.41, 5.74) is 0.966. The lowest BCUT2D eigenvalue weighted by atomic mass is 10.1. The largest absolute Gasteiger partial charge is 0.478 e. The molecule has 0 saturated heterocycles. The van der Waals surface area contributed by atoms with Crippen LogP contribution < -0.4 is 4.90 Å². The fourth-order valence-corrected chi connectivity index (χ4v) is 1.42. The first-order chi connectivity index (χ1) is 7.95. The second-order valence-electron chi connectivity index (χ2n) is 4.24. The van der Waals surface area contributed by atoms with Gasteiger partial charge in [0, 0.05) is 19.3 Å². The van der Waals surface area contributed by atoms with Crippen molar-refractivity contribution >= 4 is 11.8 Å². The maximum absolute atomic E-state index is 11.0. The van der Waals surface area contributed by atoms with Gasteiger partial charge in [-0.05, 0) is 18.1 Å². The molecule has 5 nitrogen and oxygen atoms in total. The minimum absolute atomic E-state index is 0.00644. The van der Waals surface area contributed by atoms with Crippen LogP contribution in [-0.4, -0.2) is 41.4 Å². The number of aliphatic hydroxyl groups is 1. The Morgan fingerprint density at radius 2 is 2.12 bits per heavy atom. The lowest BCUT2D eigenvalue weighted by molar-refractivity contribution is 0.0696. The molecular weight excluding hydrogens is 220 g/mol. The molecule has 0 saturated carbocycles. The second kappa shape index (κ2) is 5.63. The van der Waals surface area contributed by atoms with Crippen LogP contribution in [0, 0.1) is 0 Å². The molecule has 1 heterocycles. The van der Waals surface area contributed by atoms with Crippen LogP contribution in [0.15, 0.2) is 12.1 Å². The molecule has 0 atom stereocenters. The molecule has 0 unspecified atom stereocenters. The fourth-order valence-electron chi connectivity index (χ4n) is 1.42. The van der Waals surface area contributed by atoms with Crippen LogP contribution in [0.5, 0.6) is 0 Å². The highest BCUT2D eigenvalue weighted by molar-refractivity contribution is 5.88. The predicted molar refractivity (Wildman–Crippen MR) is 65.6 cm³/mol. The maximum Gasteiger partial charge on any atom is 0.335 e. The Kier molecular flexibility index (Phi) is 4.45. The highest BCUT2D eigenvalue weighted by Gasteiger charge is 2.12. The summed E-state index contributed by atoms with van der Waals surface area (Å²) in [7, 11) is 1.77. The molecule has 5 heteroatoms. The predicted octanol–water partition coefficient (Wildman–Crippen LogP) is 1.33. The minimum atomic E-state index is -0.965. The number of aromatic nitrogens is 1. The van der Waals surface area contributed by atoms with E-state index in [4.69, 9.17) is 10.2 Å². The molecule has 0 aliphatic carbocycles. The molecule has 1 aromatic rings. The third kappa shape index (κ3) is 3.42. The topological polar surface area (TPSA) is 73.7 Å². The second-order valence-corrected chi connectivity index (χ2v) is 4.24. The molecule has 2 N–H and O–H groups in total. The zero-order chi connectivity index (χ0) is 13.0. The minimum Gasteiger partial charge on any atom is -0.478 e. The van der Waals surface area contributed by atoms with E-state index in [1.165, 1.54) is 6.07 Å². The van der Waals surface area contributed by atoms with Gasteiger partial charge in [0.25, 0.3) is 0 Å². The molecule has 94 valence electrons. The molecule has 0 bridgehead atoms. The Balaban J connectivity index is 3.16. The third-order valence-electron chi connectivity index (χ3n) is 2.50. The zero-order valence-corrected chi connectivity index (χ0v) is 10.3. The van der Waals surface area contributed by atoms with Crippen LogP contribution in [0.4, 0.5) is 5.82 Å². The van der Waals surface area contributed by atoms with E-state index < -0.39 is 5.97 Å². The van der Waals surface area contributed by atoms with Gasteiger partial charge in [-0.25, -0.2) is 9.78 Å². The van der Waals surface area contributed by atoms with Gasteiger partial charge >= 0.3 is 5.97 Å². The number of carboxylic acid groups (broad SMARTS) is 1. The van der Waals surface area contributed by atoms with Crippen molar-refractivity contribution in [1.82, 2.24) is 4.98 Å². The van der Waals surface area contributed by atoms with Crippen molar-refractivity contribution in [1.29, 1.82) is 0 Å². The van der Waals surface area contributed by atoms with Crippen molar-refractivity contribution in [3.8, 4) is 0 Å². The number of nitrogens with zero attached hydrogens (tertiary/aromatic N) is 2. The van der Waals surface area contributed by atoms with Crippen LogP contribution >= 0.6 is 0 Å². The van der Waals surface area contributed by atoms with E-state index in [0.717, 1.165) is 5.69 Å². The number of aliphatic hydroxyl groups excluding tert-OH is 1. The number of likely N-dealkylation sites (N-methyl/N-ethyl adjacent to an activating group) is 1. The number of carboxylic acids is 1. The van der Waals surface area contributed by atoms with Crippen LogP contribution in [0.3, 0.4) is 0 Å². The summed E-state index contributed by atoms with van der Waals surface area (Å²) in [4.78, 5) is 17.1. The first-order valence-corrected chi connectivity index (χ1v) is 5.53. The summed E-state index contributed by atoms with van der Waals surface area (Å²) in [6.07, 6.45) is 0. The Bertz CT molecular complexity index is 405. The number of pyridine rings is 1. The summed E-state index contributed by atoms with van der Waals surface area (Å²) < 4.78 is 0. The van der Waals surface area contributed by atoms with Crippen LogP contribution in [0.25, 0.3) is 0 Å². The van der Waals surface area contributed by atoms with Crippen molar-refractivity contribution in [2.75, 3.05) is 25.1 Å². The average Bonchev–Trinajstić information content (AvgIpc) is 2.28. The van der Waals surface area contributed by atoms with E-state index in [2.05, 4.69) is 4.98 Å². The summed E-state index contributed by atoms with van der Waals surface area (Å²) in [6.45, 7) is 4.35. The monoisotopic (exact) mass is 238 g/mol. The number of hydrogen-bond donors (Lipinski definition) is 2. The molecule has 0 aromatic carbocycles. The molecule has 0 spiro atoms. The quantitative estimate of drug-likeness (QED) is 0.809. The van der Waals surface area contributed by atoms with E-state index in [1.807, 2.05) is 13.8 Å². The molecule has 17 heavy (non-hydrogen) atoms. The van der Waals surface area contributed by atoms with Crippen LogP contribution in [-0.2, 0) is 0 Å². The number of rotatable bonds is 5. The Morgan fingerprint density at radius 3 is 2.59 bits per heavy atom. The number of carbonyl (C=O) groups is 1. The first-order valence-electron chi connectivity index (χ1n) is 5.53. The Morgan fingerprint density at radius 1 is 1.47 bits per heavy atom. The van der Waals surface area contributed by atoms with Gasteiger partial charge in [0.1, 0.15) is 5.82 Å². The molecule has 0 amide bonds. The molecule has 0 fully saturated rings. The van der Waals surface area contributed by atoms with Crippen molar-refractivity contribution in [2.45, 2.75) is 19.8 Å². The fraction of sp³-hybridized carbons (Fsp3) is 0.500. The highest BCUT2D eigenvalue weighted by Crippen LogP contribution is 2.19. The summed E-state index contributed by atoms with van der Waals surface area (Å²) in [5.74, 6) is -0.230. The van der Waals surface area contributed by atoms with Gasteiger partial charge in [-0.15, -0.1) is 0 Å². The van der Waals surface area contributed by atoms with Gasteiger partial charge in [-0.1, -0.05) is 13.8 Å². The van der Waals surface area contributed by atoms with Crippen LogP contribution in [0.2, 0.25) is 0 Å². The molecule has 1 rings (SSSR count). The number of hydrogen-bond acceptors (Lipinski definition) is 4. The van der Waals surface area contributed by atoms with E-state index in [-0.39, 0.29) is 18.1 Å². The van der Waals surface area contributed by atoms with Gasteiger partial charge < -0.3 is 15.1 Å². The zero-order valence-electron chi connectivity index (χ0n) is 10.3. The van der Waals surface area contributed by atoms with E-state index in [0.29, 0.717) is 12.4 Å². The summed E-state index contributed by atoms with van der Waals surface area (Å²) in [5, 5.41) is 17.9. The maximum atomic E-state index is 11.0. The van der Waals surface area contributed by atoms with Gasteiger partial charge in [0.15, 0.2) is 0 Å². The Hall–Kier alpha value is -1.62.